The molecule has 0 aliphatic heterocycles. The molecule has 582 valence electrons. The van der Waals surface area contributed by atoms with E-state index in [9.17, 15) is 43.2 Å². The summed E-state index contributed by atoms with van der Waals surface area (Å²) in [6.45, 7) is 9.53. The van der Waals surface area contributed by atoms with Crippen LogP contribution in [0.5, 0.6) is 0 Å². The Balaban J connectivity index is 5.22. The molecule has 0 aliphatic carbocycles. The number of phosphoric acid groups is 2. The first-order valence-corrected chi connectivity index (χ1v) is 44.0. The fourth-order valence-corrected chi connectivity index (χ4v) is 13.7. The summed E-state index contributed by atoms with van der Waals surface area (Å²) in [5.74, 6) is -0.666. The molecule has 3 unspecified atom stereocenters. The third-order valence-electron chi connectivity index (χ3n) is 18.8. The van der Waals surface area contributed by atoms with E-state index >= 15 is 0 Å². The van der Waals surface area contributed by atoms with E-state index in [0.717, 1.165) is 108 Å². The molecule has 0 amide bonds. The van der Waals surface area contributed by atoms with Crippen molar-refractivity contribution in [1.82, 2.24) is 0 Å². The highest BCUT2D eigenvalue weighted by Gasteiger charge is 2.30. The van der Waals surface area contributed by atoms with E-state index in [4.69, 9.17) is 37.0 Å². The minimum Gasteiger partial charge on any atom is -0.462 e. The molecular formula is C79H154O17P2. The Morgan fingerprint density at radius 2 is 0.520 bits per heavy atom. The van der Waals surface area contributed by atoms with E-state index in [1.807, 2.05) is 0 Å². The number of rotatable bonds is 78. The molecule has 3 N–H and O–H groups in total. The molecule has 0 aromatic carbocycles. The zero-order valence-corrected chi connectivity index (χ0v) is 65.9. The summed E-state index contributed by atoms with van der Waals surface area (Å²) < 4.78 is 68.6. The molecule has 0 saturated carbocycles. The lowest BCUT2D eigenvalue weighted by Crippen LogP contribution is -2.30. The minimum absolute atomic E-state index is 0.104. The number of aliphatic hydroxyl groups is 1. The van der Waals surface area contributed by atoms with Gasteiger partial charge in [0.25, 0.3) is 0 Å². The smallest absolute Gasteiger partial charge is 0.462 e. The number of unbranched alkanes of at least 4 members (excludes halogenated alkanes) is 47. The van der Waals surface area contributed by atoms with Crippen LogP contribution >= 0.6 is 15.6 Å². The maximum atomic E-state index is 13.1. The third kappa shape index (κ3) is 71.1. The van der Waals surface area contributed by atoms with Crippen LogP contribution in [-0.4, -0.2) is 96.7 Å². The van der Waals surface area contributed by atoms with Crippen molar-refractivity contribution in [2.75, 3.05) is 39.6 Å². The number of carbonyl (C=O) groups is 4. The number of ether oxygens (including phenoxy) is 4. The van der Waals surface area contributed by atoms with Gasteiger partial charge in [0.05, 0.1) is 26.4 Å². The van der Waals surface area contributed by atoms with Gasteiger partial charge in [-0.1, -0.05) is 363 Å². The molecule has 17 nitrogen and oxygen atoms in total. The van der Waals surface area contributed by atoms with Crippen molar-refractivity contribution in [2.45, 2.75) is 432 Å². The SMILES string of the molecule is CCCCCCCCCCCCCCCCCCCCCCC(=O)O[C@H](COC(=O)CCCCCCCCCCCCCCCCCCC)COP(=O)(O)OC[C@@H](O)COP(=O)(O)OC[C@@H](COC(=O)CCCCCCCCC(C)CC)OC(=O)CCCCCCCCCCC(C)C. The van der Waals surface area contributed by atoms with Crippen molar-refractivity contribution >= 4 is 39.5 Å². The highest BCUT2D eigenvalue weighted by molar-refractivity contribution is 7.47. The van der Waals surface area contributed by atoms with Crippen LogP contribution in [0.25, 0.3) is 0 Å². The molecule has 98 heavy (non-hydrogen) atoms. The van der Waals surface area contributed by atoms with E-state index < -0.39 is 97.5 Å². The van der Waals surface area contributed by atoms with Gasteiger partial charge in [-0.15, -0.1) is 0 Å². The number of hydrogen-bond acceptors (Lipinski definition) is 15. The highest BCUT2D eigenvalue weighted by Crippen LogP contribution is 2.45. The van der Waals surface area contributed by atoms with Crippen LogP contribution in [0, 0.1) is 11.8 Å². The molecule has 0 aliphatic rings. The van der Waals surface area contributed by atoms with Gasteiger partial charge in [-0.2, -0.15) is 0 Å². The van der Waals surface area contributed by atoms with E-state index in [0.29, 0.717) is 25.7 Å². The summed E-state index contributed by atoms with van der Waals surface area (Å²) in [4.78, 5) is 72.9. The maximum absolute atomic E-state index is 13.1. The van der Waals surface area contributed by atoms with Crippen molar-refractivity contribution in [3.8, 4) is 0 Å². The summed E-state index contributed by atoms with van der Waals surface area (Å²) in [7, 11) is -9.91. The average molecular weight is 1440 g/mol. The Labute approximate surface area is 600 Å². The lowest BCUT2D eigenvalue weighted by atomic mass is 10.00. The first-order valence-electron chi connectivity index (χ1n) is 41.0. The number of hydrogen-bond donors (Lipinski definition) is 3. The van der Waals surface area contributed by atoms with Gasteiger partial charge in [0, 0.05) is 25.7 Å². The minimum atomic E-state index is -4.96. The topological polar surface area (TPSA) is 237 Å². The zero-order chi connectivity index (χ0) is 72.1. The molecule has 0 spiro atoms. The van der Waals surface area contributed by atoms with Crippen LogP contribution in [0.3, 0.4) is 0 Å². The standard InChI is InChI=1S/C79H154O17P2/c1-7-10-12-14-16-18-20-22-24-26-27-28-30-32-34-36-38-43-51-57-63-78(83)95-74(67-89-76(81)61-55-49-42-37-35-33-31-29-25-23-21-19-17-15-13-11-8-2)69-93-97(85,86)91-65-73(80)66-92-98(87,88)94-70-75(68-90-77(82)62-56-50-46-45-48-54-60-72(6)9-3)96-79(84)64-58-52-44-40-39-41-47-53-59-71(4)5/h71-75,80H,7-70H2,1-6H3,(H,85,86)(H,87,88)/t72?,73-,74-,75-/m1/s1. The fourth-order valence-electron chi connectivity index (χ4n) is 12.2. The van der Waals surface area contributed by atoms with Gasteiger partial charge in [-0.25, -0.2) is 9.13 Å². The molecule has 0 aromatic rings. The molecule has 0 saturated heterocycles. The van der Waals surface area contributed by atoms with Crippen LogP contribution in [-0.2, 0) is 65.4 Å². The Morgan fingerprint density at radius 3 is 0.776 bits per heavy atom. The van der Waals surface area contributed by atoms with Crippen molar-refractivity contribution in [3.05, 3.63) is 0 Å². The number of aliphatic hydroxyl groups excluding tert-OH is 1. The summed E-state index contributed by atoms with van der Waals surface area (Å²) in [6, 6.07) is 0. The molecule has 6 atom stereocenters. The van der Waals surface area contributed by atoms with Crippen LogP contribution in [0.15, 0.2) is 0 Å². The zero-order valence-electron chi connectivity index (χ0n) is 64.1. The Morgan fingerprint density at radius 1 is 0.296 bits per heavy atom. The summed E-state index contributed by atoms with van der Waals surface area (Å²) in [6.07, 6.45) is 59.9. The van der Waals surface area contributed by atoms with Crippen LogP contribution < -0.4 is 0 Å². The van der Waals surface area contributed by atoms with Gasteiger partial charge in [0.2, 0.25) is 0 Å². The lowest BCUT2D eigenvalue weighted by molar-refractivity contribution is -0.161. The summed E-state index contributed by atoms with van der Waals surface area (Å²) >= 11 is 0. The number of phosphoric ester groups is 2. The van der Waals surface area contributed by atoms with E-state index in [1.54, 1.807) is 0 Å². The van der Waals surface area contributed by atoms with Crippen molar-refractivity contribution in [1.29, 1.82) is 0 Å². The number of esters is 4. The Bertz CT molecular complexity index is 1890. The van der Waals surface area contributed by atoms with Gasteiger partial charge in [0.1, 0.15) is 19.3 Å². The van der Waals surface area contributed by atoms with Gasteiger partial charge in [-0.3, -0.25) is 37.3 Å². The van der Waals surface area contributed by atoms with E-state index in [-0.39, 0.29) is 25.7 Å². The van der Waals surface area contributed by atoms with Crippen molar-refractivity contribution < 1.29 is 80.2 Å². The second-order valence-corrected chi connectivity index (χ2v) is 32.1. The first-order chi connectivity index (χ1) is 47.4. The second-order valence-electron chi connectivity index (χ2n) is 29.2. The van der Waals surface area contributed by atoms with Crippen LogP contribution in [0.2, 0.25) is 0 Å². The predicted molar refractivity (Wildman–Crippen MR) is 400 cm³/mol. The molecule has 0 bridgehead atoms. The summed E-state index contributed by atoms with van der Waals surface area (Å²) in [5, 5.41) is 10.6. The lowest BCUT2D eigenvalue weighted by Gasteiger charge is -2.21. The van der Waals surface area contributed by atoms with Crippen LogP contribution in [0.1, 0.15) is 414 Å². The Hall–Kier alpha value is -1.94. The quantitative estimate of drug-likeness (QED) is 0.0222. The van der Waals surface area contributed by atoms with E-state index in [1.165, 1.54) is 225 Å². The van der Waals surface area contributed by atoms with Crippen LogP contribution in [0.4, 0.5) is 0 Å². The molecule has 0 fully saturated rings. The fraction of sp³-hybridized carbons (Fsp3) is 0.949. The third-order valence-corrected chi connectivity index (χ3v) is 20.7. The largest absolute Gasteiger partial charge is 0.472 e. The maximum Gasteiger partial charge on any atom is 0.472 e. The van der Waals surface area contributed by atoms with E-state index in [2.05, 4.69) is 41.5 Å². The Kier molecular flexibility index (Phi) is 69.3. The highest BCUT2D eigenvalue weighted by atomic mass is 31.2. The van der Waals surface area contributed by atoms with Crippen molar-refractivity contribution in [3.63, 3.8) is 0 Å². The summed E-state index contributed by atoms with van der Waals surface area (Å²) in [5.41, 5.74) is 0. The van der Waals surface area contributed by atoms with Gasteiger partial charge < -0.3 is 33.8 Å². The molecule has 0 radical (unpaired) electrons. The van der Waals surface area contributed by atoms with Crippen molar-refractivity contribution in [2.24, 2.45) is 11.8 Å². The normalized spacial score (nSPS) is 14.2. The first kappa shape index (κ1) is 96.1. The van der Waals surface area contributed by atoms with Gasteiger partial charge in [-0.05, 0) is 37.5 Å². The molecule has 0 aromatic heterocycles. The second kappa shape index (κ2) is 70.7. The monoisotopic (exact) mass is 1440 g/mol. The van der Waals surface area contributed by atoms with Gasteiger partial charge >= 0.3 is 39.5 Å². The molecule has 0 heterocycles. The van der Waals surface area contributed by atoms with Gasteiger partial charge in [0.15, 0.2) is 12.2 Å². The number of carbonyl (C=O) groups excluding carboxylic acids is 4. The predicted octanol–water partition coefficient (Wildman–Crippen LogP) is 23.5. The average Bonchev–Trinajstić information content (AvgIpc) is 0.996. The molecular weight excluding hydrogens is 1280 g/mol. The molecule has 0 rings (SSSR count). The molecule has 19 heteroatoms.